The molecule has 3 aromatic carbocycles. The number of carbonyl (C=O) groups is 4. The average Bonchev–Trinajstić information content (AvgIpc) is 3.21. The largest absolute Gasteiger partial charge is 0.452 e. The molecule has 220 valence electrons. The predicted octanol–water partition coefficient (Wildman–Crippen LogP) is 5.44. The molecule has 8 nitrogen and oxygen atoms in total. The van der Waals surface area contributed by atoms with Gasteiger partial charge in [0.2, 0.25) is 11.8 Å². The first-order valence-corrected chi connectivity index (χ1v) is 15.8. The zero-order valence-corrected chi connectivity index (χ0v) is 25.2. The van der Waals surface area contributed by atoms with Crippen LogP contribution in [0, 0.1) is 0 Å². The molecule has 2 fully saturated rings. The lowest BCUT2D eigenvalue weighted by molar-refractivity contribution is -0.122. The van der Waals surface area contributed by atoms with Crippen LogP contribution in [0.3, 0.4) is 0 Å². The van der Waals surface area contributed by atoms with E-state index in [0.29, 0.717) is 10.0 Å². The van der Waals surface area contributed by atoms with Gasteiger partial charge in [-0.05, 0) is 79.6 Å². The first kappa shape index (κ1) is 29.1. The molecule has 3 heterocycles. The molecule has 0 bridgehead atoms. The summed E-state index contributed by atoms with van der Waals surface area (Å²) in [5.41, 5.74) is 4.26. The summed E-state index contributed by atoms with van der Waals surface area (Å²) in [7, 11) is 0. The summed E-state index contributed by atoms with van der Waals surface area (Å²) in [6.07, 6.45) is 5.01. The molecular formula is C33H31N3O5S2. The van der Waals surface area contributed by atoms with Gasteiger partial charge < -0.3 is 9.64 Å². The molecule has 3 amide bonds. The van der Waals surface area contributed by atoms with Crippen molar-refractivity contribution in [1.29, 1.82) is 0 Å². The van der Waals surface area contributed by atoms with Crippen LogP contribution in [0.4, 0.5) is 17.1 Å². The molecular weight excluding hydrogens is 583 g/mol. The van der Waals surface area contributed by atoms with Gasteiger partial charge in [-0.1, -0.05) is 60.4 Å². The van der Waals surface area contributed by atoms with Gasteiger partial charge in [0.15, 0.2) is 6.61 Å². The number of hydrogen-bond donors (Lipinski definition) is 0. The van der Waals surface area contributed by atoms with E-state index in [2.05, 4.69) is 4.90 Å². The molecule has 3 aliphatic rings. The Labute approximate surface area is 260 Å². The maximum atomic E-state index is 13.5. The van der Waals surface area contributed by atoms with Crippen LogP contribution in [0.1, 0.15) is 47.2 Å². The Morgan fingerprint density at radius 3 is 2.07 bits per heavy atom. The van der Waals surface area contributed by atoms with E-state index in [1.54, 1.807) is 17.0 Å². The second kappa shape index (κ2) is 12.7. The van der Waals surface area contributed by atoms with Crippen molar-refractivity contribution in [3.8, 4) is 0 Å². The number of fused-ring (bicyclic) bond motifs is 2. The summed E-state index contributed by atoms with van der Waals surface area (Å²) in [5, 5.41) is -0.563. The Hall–Kier alpha value is -4.02. The smallest absolute Gasteiger partial charge is 0.338 e. The summed E-state index contributed by atoms with van der Waals surface area (Å²) in [6.45, 7) is 1.32. The van der Waals surface area contributed by atoms with Crippen LogP contribution in [0.2, 0.25) is 0 Å². The lowest BCUT2D eigenvalue weighted by Crippen LogP contribution is -2.35. The minimum atomic E-state index is -0.671. The average molecular weight is 614 g/mol. The minimum Gasteiger partial charge on any atom is -0.452 e. The van der Waals surface area contributed by atoms with E-state index in [4.69, 9.17) is 17.0 Å². The quantitative estimate of drug-likeness (QED) is 0.214. The van der Waals surface area contributed by atoms with Crippen LogP contribution < -0.4 is 9.80 Å². The van der Waals surface area contributed by atoms with E-state index < -0.39 is 17.8 Å². The number of carbonyl (C=O) groups excluding carboxylic acids is 4. The number of nitrogens with zero attached hydrogens (tertiary/aromatic N) is 3. The fourth-order valence-electron chi connectivity index (χ4n) is 5.81. The first-order chi connectivity index (χ1) is 20.9. The van der Waals surface area contributed by atoms with Gasteiger partial charge in [-0.2, -0.15) is 0 Å². The fourth-order valence-corrected chi connectivity index (χ4v) is 7.35. The van der Waals surface area contributed by atoms with Gasteiger partial charge >= 0.3 is 5.97 Å². The van der Waals surface area contributed by atoms with E-state index in [1.165, 1.54) is 30.3 Å². The molecule has 0 saturated carbocycles. The number of thioether (sulfide) groups is 1. The van der Waals surface area contributed by atoms with Crippen LogP contribution in [0.15, 0.2) is 72.8 Å². The Bertz CT molecular complexity index is 1540. The molecule has 6 rings (SSSR count). The Morgan fingerprint density at radius 1 is 0.837 bits per heavy atom. The van der Waals surface area contributed by atoms with E-state index in [0.717, 1.165) is 66.2 Å². The molecule has 0 aromatic heterocycles. The molecule has 0 spiro atoms. The highest BCUT2D eigenvalue weighted by Gasteiger charge is 2.41. The summed E-state index contributed by atoms with van der Waals surface area (Å²) in [4.78, 5) is 57.2. The monoisotopic (exact) mass is 613 g/mol. The van der Waals surface area contributed by atoms with Gasteiger partial charge in [0, 0.05) is 19.5 Å². The van der Waals surface area contributed by atoms with E-state index in [-0.39, 0.29) is 29.7 Å². The highest BCUT2D eigenvalue weighted by atomic mass is 32.2. The SMILES string of the molecule is O=C(OCC(=O)N1c2ccccc2CCc2ccccc21)c1ccc(N2C(=O)CC(SC(=S)N3CCCCC3)C2=O)cc1. The molecule has 0 aliphatic carbocycles. The van der Waals surface area contributed by atoms with Crippen molar-refractivity contribution in [3.63, 3.8) is 0 Å². The number of esters is 1. The zero-order valence-electron chi connectivity index (χ0n) is 23.6. The number of rotatable bonds is 5. The van der Waals surface area contributed by atoms with Crippen molar-refractivity contribution in [1.82, 2.24) is 4.90 Å². The number of anilines is 3. The molecule has 1 atom stereocenters. The number of ether oxygens (including phenoxy) is 1. The number of imide groups is 1. The number of amides is 3. The molecule has 10 heteroatoms. The maximum absolute atomic E-state index is 13.5. The van der Waals surface area contributed by atoms with Crippen LogP contribution in [-0.4, -0.2) is 57.9 Å². The number of likely N-dealkylation sites (tertiary alicyclic amines) is 1. The summed E-state index contributed by atoms with van der Waals surface area (Å²) in [6, 6.07) is 21.6. The number of thiocarbonyl (C=S) groups is 1. The lowest BCUT2D eigenvalue weighted by Gasteiger charge is -2.29. The normalized spacial score (nSPS) is 18.1. The Morgan fingerprint density at radius 2 is 1.44 bits per heavy atom. The van der Waals surface area contributed by atoms with Gasteiger partial charge in [-0.15, -0.1) is 0 Å². The standard InChI is InChI=1S/C33H31N3O5S2/c37-29-20-28(43-33(42)34-18-6-1-7-19-34)31(39)35(29)25-16-14-24(15-17-25)32(40)41-21-30(38)36-26-10-4-2-8-22(26)12-13-23-9-3-5-11-27(23)36/h2-5,8-11,14-17,28H,1,6-7,12-13,18-21H2. The molecule has 0 N–H and O–H groups in total. The number of benzene rings is 3. The third kappa shape index (κ3) is 6.07. The van der Waals surface area contributed by atoms with Crippen LogP contribution in [0.5, 0.6) is 0 Å². The predicted molar refractivity (Wildman–Crippen MR) is 171 cm³/mol. The number of piperidine rings is 1. The molecule has 3 aliphatic heterocycles. The van der Waals surface area contributed by atoms with Gasteiger partial charge in [0.25, 0.3) is 5.91 Å². The van der Waals surface area contributed by atoms with Gasteiger partial charge in [0.05, 0.1) is 22.6 Å². The third-order valence-electron chi connectivity index (χ3n) is 8.03. The highest BCUT2D eigenvalue weighted by molar-refractivity contribution is 8.23. The van der Waals surface area contributed by atoms with E-state index in [1.807, 2.05) is 48.5 Å². The summed E-state index contributed by atoms with van der Waals surface area (Å²) >= 11 is 6.84. The Kier molecular flexibility index (Phi) is 8.58. The summed E-state index contributed by atoms with van der Waals surface area (Å²) in [5.74, 6) is -1.64. The number of hydrogen-bond acceptors (Lipinski definition) is 7. The van der Waals surface area contributed by atoms with E-state index >= 15 is 0 Å². The zero-order chi connectivity index (χ0) is 29.9. The van der Waals surface area contributed by atoms with Crippen LogP contribution in [0.25, 0.3) is 0 Å². The van der Waals surface area contributed by atoms with Gasteiger partial charge in [0.1, 0.15) is 9.57 Å². The van der Waals surface area contributed by atoms with Crippen molar-refractivity contribution < 1.29 is 23.9 Å². The second-order valence-electron chi connectivity index (χ2n) is 10.8. The van der Waals surface area contributed by atoms with Crippen molar-refractivity contribution in [2.24, 2.45) is 0 Å². The number of aryl methyl sites for hydroxylation is 2. The lowest BCUT2D eigenvalue weighted by atomic mass is 10.0. The fraction of sp³-hybridized carbons (Fsp3) is 0.303. The van der Waals surface area contributed by atoms with E-state index in [9.17, 15) is 19.2 Å². The first-order valence-electron chi connectivity index (χ1n) is 14.5. The van der Waals surface area contributed by atoms with Crippen LogP contribution in [-0.2, 0) is 32.0 Å². The summed E-state index contributed by atoms with van der Waals surface area (Å²) < 4.78 is 6.10. The van der Waals surface area contributed by atoms with Crippen molar-refractivity contribution in [2.45, 2.75) is 43.8 Å². The molecule has 43 heavy (non-hydrogen) atoms. The topological polar surface area (TPSA) is 87.2 Å². The Balaban J connectivity index is 1.10. The third-order valence-corrected chi connectivity index (χ3v) is 9.69. The molecule has 2 saturated heterocycles. The van der Waals surface area contributed by atoms with Crippen molar-refractivity contribution in [3.05, 3.63) is 89.5 Å². The van der Waals surface area contributed by atoms with Crippen LogP contribution >= 0.6 is 24.0 Å². The van der Waals surface area contributed by atoms with Crippen molar-refractivity contribution in [2.75, 3.05) is 29.5 Å². The minimum absolute atomic E-state index is 0.0755. The second-order valence-corrected chi connectivity index (χ2v) is 12.6. The molecule has 1 unspecified atom stereocenters. The molecule has 0 radical (unpaired) electrons. The van der Waals surface area contributed by atoms with Gasteiger partial charge in [-0.3, -0.25) is 19.3 Å². The highest BCUT2D eigenvalue weighted by Crippen LogP contribution is 2.36. The van der Waals surface area contributed by atoms with Gasteiger partial charge in [-0.25, -0.2) is 9.69 Å². The molecule has 3 aromatic rings. The number of para-hydroxylation sites is 2. The maximum Gasteiger partial charge on any atom is 0.338 e. The van der Waals surface area contributed by atoms with Crippen molar-refractivity contribution >= 4 is 69.1 Å².